The summed E-state index contributed by atoms with van der Waals surface area (Å²) in [5.74, 6) is 0.341. The quantitative estimate of drug-likeness (QED) is 0.696. The molecule has 122 valence electrons. The third-order valence-electron chi connectivity index (χ3n) is 3.56. The molecule has 3 nitrogen and oxygen atoms in total. The van der Waals surface area contributed by atoms with E-state index in [0.717, 1.165) is 24.9 Å². The van der Waals surface area contributed by atoms with Gasteiger partial charge in [0.05, 0.1) is 12.2 Å². The minimum atomic E-state index is -0.219. The van der Waals surface area contributed by atoms with E-state index in [1.807, 2.05) is 24.3 Å². The fraction of sp³-hybridized carbons (Fsp3) is 0.316. The molecular formula is C19H22ClNO2. The zero-order chi connectivity index (χ0) is 16.7. The molecule has 0 saturated heterocycles. The second-order valence-corrected chi connectivity index (χ2v) is 5.78. The van der Waals surface area contributed by atoms with E-state index < -0.39 is 0 Å². The third kappa shape index (κ3) is 5.00. The predicted octanol–water partition coefficient (Wildman–Crippen LogP) is 5.33. The van der Waals surface area contributed by atoms with Gasteiger partial charge >= 0.3 is 0 Å². The topological polar surface area (TPSA) is 38.3 Å². The van der Waals surface area contributed by atoms with Crippen molar-refractivity contribution in [2.75, 3.05) is 11.9 Å². The molecule has 0 aromatic heterocycles. The van der Waals surface area contributed by atoms with E-state index >= 15 is 0 Å². The van der Waals surface area contributed by atoms with E-state index in [2.05, 4.69) is 19.2 Å². The van der Waals surface area contributed by atoms with Crippen LogP contribution in [0.1, 0.15) is 42.6 Å². The summed E-state index contributed by atoms with van der Waals surface area (Å²) in [4.78, 5) is 12.5. The first-order valence-electron chi connectivity index (χ1n) is 7.96. The maximum Gasteiger partial charge on any atom is 0.259 e. The average molecular weight is 332 g/mol. The number of nitrogens with one attached hydrogen (secondary N) is 1. The van der Waals surface area contributed by atoms with Gasteiger partial charge in [0.25, 0.3) is 5.91 Å². The summed E-state index contributed by atoms with van der Waals surface area (Å²) in [6.07, 6.45) is 2.96. The molecule has 2 aromatic carbocycles. The van der Waals surface area contributed by atoms with Crippen LogP contribution in [0.4, 0.5) is 5.69 Å². The second kappa shape index (κ2) is 8.59. The molecule has 0 saturated carbocycles. The van der Waals surface area contributed by atoms with Crippen LogP contribution >= 0.6 is 11.6 Å². The zero-order valence-electron chi connectivity index (χ0n) is 13.6. The Balaban J connectivity index is 2.14. The van der Waals surface area contributed by atoms with Crippen molar-refractivity contribution in [1.82, 2.24) is 0 Å². The van der Waals surface area contributed by atoms with Crippen molar-refractivity contribution in [3.8, 4) is 5.75 Å². The van der Waals surface area contributed by atoms with E-state index in [4.69, 9.17) is 16.3 Å². The lowest BCUT2D eigenvalue weighted by Crippen LogP contribution is -2.14. The van der Waals surface area contributed by atoms with Crippen LogP contribution in [-0.2, 0) is 6.42 Å². The van der Waals surface area contributed by atoms with Crippen molar-refractivity contribution < 1.29 is 9.53 Å². The number of benzene rings is 2. The van der Waals surface area contributed by atoms with Gasteiger partial charge in [-0.1, -0.05) is 44.0 Å². The Morgan fingerprint density at radius 3 is 2.52 bits per heavy atom. The smallest absolute Gasteiger partial charge is 0.259 e. The largest absolute Gasteiger partial charge is 0.493 e. The summed E-state index contributed by atoms with van der Waals surface area (Å²) in [5, 5.41) is 3.40. The van der Waals surface area contributed by atoms with Gasteiger partial charge in [-0.15, -0.1) is 0 Å². The van der Waals surface area contributed by atoms with Gasteiger partial charge in [-0.05, 0) is 48.7 Å². The molecular weight excluding hydrogens is 310 g/mol. The van der Waals surface area contributed by atoms with Crippen molar-refractivity contribution in [3.05, 3.63) is 58.6 Å². The van der Waals surface area contributed by atoms with E-state index in [1.165, 1.54) is 5.56 Å². The Bertz CT molecular complexity index is 653. The third-order valence-corrected chi connectivity index (χ3v) is 3.80. The number of halogens is 1. The Morgan fingerprint density at radius 1 is 1.13 bits per heavy atom. The minimum Gasteiger partial charge on any atom is -0.493 e. The molecule has 0 atom stereocenters. The van der Waals surface area contributed by atoms with Crippen LogP contribution in [0.15, 0.2) is 42.5 Å². The van der Waals surface area contributed by atoms with Gasteiger partial charge < -0.3 is 10.1 Å². The fourth-order valence-corrected chi connectivity index (χ4v) is 2.33. The van der Waals surface area contributed by atoms with Gasteiger partial charge in [0, 0.05) is 10.7 Å². The Hall–Kier alpha value is -2.00. The summed E-state index contributed by atoms with van der Waals surface area (Å²) in [5.41, 5.74) is 2.44. The van der Waals surface area contributed by atoms with Crippen LogP contribution in [0.5, 0.6) is 5.75 Å². The zero-order valence-corrected chi connectivity index (χ0v) is 14.3. The van der Waals surface area contributed by atoms with Gasteiger partial charge in [0.1, 0.15) is 5.75 Å². The van der Waals surface area contributed by atoms with Crippen LogP contribution in [-0.4, -0.2) is 12.5 Å². The standard InChI is InChI=1S/C19H22ClNO2/c1-3-5-12-23-18-11-8-15(20)13-17(18)19(22)21-16-9-6-14(4-2)7-10-16/h6-11,13H,3-5,12H2,1-2H3,(H,21,22). The van der Waals surface area contributed by atoms with Crippen LogP contribution in [0.25, 0.3) is 0 Å². The maximum absolute atomic E-state index is 12.5. The molecule has 0 aliphatic heterocycles. The first-order chi connectivity index (χ1) is 11.1. The SMILES string of the molecule is CCCCOc1ccc(Cl)cc1C(=O)Nc1ccc(CC)cc1. The monoisotopic (exact) mass is 331 g/mol. The molecule has 23 heavy (non-hydrogen) atoms. The number of carbonyl (C=O) groups excluding carboxylic acids is 1. The average Bonchev–Trinajstić information content (AvgIpc) is 2.57. The van der Waals surface area contributed by atoms with Gasteiger partial charge in [-0.2, -0.15) is 0 Å². The molecule has 0 aliphatic rings. The highest BCUT2D eigenvalue weighted by Gasteiger charge is 2.14. The molecule has 0 spiro atoms. The first kappa shape index (κ1) is 17.4. The molecule has 0 fully saturated rings. The molecule has 0 radical (unpaired) electrons. The molecule has 2 aromatic rings. The van der Waals surface area contributed by atoms with E-state index in [0.29, 0.717) is 22.9 Å². The van der Waals surface area contributed by atoms with Crippen molar-refractivity contribution in [1.29, 1.82) is 0 Å². The number of aryl methyl sites for hydroxylation is 1. The van der Waals surface area contributed by atoms with Crippen LogP contribution < -0.4 is 10.1 Å². The number of ether oxygens (including phenoxy) is 1. The van der Waals surface area contributed by atoms with Crippen LogP contribution in [0.3, 0.4) is 0 Å². The van der Waals surface area contributed by atoms with Gasteiger partial charge in [0.2, 0.25) is 0 Å². The number of hydrogen-bond acceptors (Lipinski definition) is 2. The van der Waals surface area contributed by atoms with Crippen molar-refractivity contribution in [3.63, 3.8) is 0 Å². The minimum absolute atomic E-state index is 0.219. The summed E-state index contributed by atoms with van der Waals surface area (Å²) in [6.45, 7) is 4.78. The van der Waals surface area contributed by atoms with Gasteiger partial charge in [-0.25, -0.2) is 0 Å². The molecule has 0 unspecified atom stereocenters. The number of hydrogen-bond donors (Lipinski definition) is 1. The first-order valence-corrected chi connectivity index (χ1v) is 8.34. The molecule has 0 aliphatic carbocycles. The lowest BCUT2D eigenvalue weighted by atomic mass is 10.1. The van der Waals surface area contributed by atoms with Gasteiger partial charge in [0.15, 0.2) is 0 Å². The van der Waals surface area contributed by atoms with Crippen LogP contribution in [0.2, 0.25) is 5.02 Å². The van der Waals surface area contributed by atoms with E-state index in [9.17, 15) is 4.79 Å². The van der Waals surface area contributed by atoms with Crippen molar-refractivity contribution in [2.45, 2.75) is 33.1 Å². The van der Waals surface area contributed by atoms with Crippen molar-refractivity contribution >= 4 is 23.2 Å². The highest BCUT2D eigenvalue weighted by molar-refractivity contribution is 6.31. The molecule has 0 bridgehead atoms. The lowest BCUT2D eigenvalue weighted by molar-refractivity contribution is 0.102. The summed E-state index contributed by atoms with van der Waals surface area (Å²) < 4.78 is 5.71. The number of anilines is 1. The highest BCUT2D eigenvalue weighted by atomic mass is 35.5. The Morgan fingerprint density at radius 2 is 1.87 bits per heavy atom. The number of amides is 1. The molecule has 0 heterocycles. The summed E-state index contributed by atoms with van der Waals surface area (Å²) >= 11 is 6.03. The molecule has 2 rings (SSSR count). The second-order valence-electron chi connectivity index (χ2n) is 5.35. The Kier molecular flexibility index (Phi) is 6.48. The highest BCUT2D eigenvalue weighted by Crippen LogP contribution is 2.24. The number of rotatable bonds is 7. The number of carbonyl (C=O) groups is 1. The van der Waals surface area contributed by atoms with Gasteiger partial charge in [-0.3, -0.25) is 4.79 Å². The normalized spacial score (nSPS) is 10.4. The lowest BCUT2D eigenvalue weighted by Gasteiger charge is -2.12. The predicted molar refractivity (Wildman–Crippen MR) is 95.6 cm³/mol. The summed E-state index contributed by atoms with van der Waals surface area (Å²) in [7, 11) is 0. The molecule has 1 N–H and O–H groups in total. The maximum atomic E-state index is 12.5. The molecule has 1 amide bonds. The van der Waals surface area contributed by atoms with Crippen molar-refractivity contribution in [2.24, 2.45) is 0 Å². The van der Waals surface area contributed by atoms with Crippen LogP contribution in [0, 0.1) is 0 Å². The van der Waals surface area contributed by atoms with E-state index in [1.54, 1.807) is 18.2 Å². The van der Waals surface area contributed by atoms with E-state index in [-0.39, 0.29) is 5.91 Å². The summed E-state index contributed by atoms with van der Waals surface area (Å²) in [6, 6.07) is 12.9. The molecule has 4 heteroatoms. The Labute approximate surface area is 142 Å². The number of unbranched alkanes of at least 4 members (excludes halogenated alkanes) is 1. The fourth-order valence-electron chi connectivity index (χ4n) is 2.15.